The van der Waals surface area contributed by atoms with Gasteiger partial charge in [-0.25, -0.2) is 9.67 Å². The number of pyridine rings is 1. The molecule has 0 saturated carbocycles. The van der Waals surface area contributed by atoms with Gasteiger partial charge < -0.3 is 11.1 Å². The molecular formula is C23H28N6O2. The van der Waals surface area contributed by atoms with Crippen LogP contribution >= 0.6 is 0 Å². The quantitative estimate of drug-likeness (QED) is 0.638. The van der Waals surface area contributed by atoms with Crippen LogP contribution in [0, 0.1) is 6.92 Å². The lowest BCUT2D eigenvalue weighted by Gasteiger charge is -2.22. The Kier molecular flexibility index (Phi) is 5.73. The van der Waals surface area contributed by atoms with Crippen molar-refractivity contribution in [2.45, 2.75) is 52.2 Å². The summed E-state index contributed by atoms with van der Waals surface area (Å²) in [6, 6.07) is 9.50. The Hall–Kier alpha value is -3.26. The largest absolute Gasteiger partial charge is 0.368 e. The average molecular weight is 421 g/mol. The summed E-state index contributed by atoms with van der Waals surface area (Å²) in [5.41, 5.74) is 9.21. The first-order chi connectivity index (χ1) is 14.8. The predicted molar refractivity (Wildman–Crippen MR) is 120 cm³/mol. The molecule has 1 aliphatic heterocycles. The molecule has 3 N–H and O–H groups in total. The van der Waals surface area contributed by atoms with Gasteiger partial charge in [-0.3, -0.25) is 14.5 Å². The molecule has 3 heterocycles. The number of hydrogen-bond donors (Lipinski definition) is 2. The lowest BCUT2D eigenvalue weighted by molar-refractivity contribution is -0.122. The highest BCUT2D eigenvalue weighted by atomic mass is 16.2. The molecule has 2 aromatic heterocycles. The van der Waals surface area contributed by atoms with Crippen LogP contribution in [-0.2, 0) is 11.3 Å². The number of hydrogen-bond acceptors (Lipinski definition) is 5. The second-order valence-electron chi connectivity index (χ2n) is 8.40. The van der Waals surface area contributed by atoms with E-state index >= 15 is 0 Å². The minimum absolute atomic E-state index is 0.191. The van der Waals surface area contributed by atoms with Crippen LogP contribution in [0.15, 0.2) is 36.5 Å². The van der Waals surface area contributed by atoms with Crippen molar-refractivity contribution >= 4 is 28.5 Å². The number of rotatable bonds is 6. The van der Waals surface area contributed by atoms with Crippen LogP contribution in [0.1, 0.15) is 54.3 Å². The van der Waals surface area contributed by atoms with Crippen LogP contribution in [0.5, 0.6) is 0 Å². The van der Waals surface area contributed by atoms with Gasteiger partial charge in [-0.1, -0.05) is 12.1 Å². The Bertz CT molecular complexity index is 1140. The maximum absolute atomic E-state index is 13.0. The zero-order valence-electron chi connectivity index (χ0n) is 18.1. The summed E-state index contributed by atoms with van der Waals surface area (Å²) in [5, 5.41) is 8.20. The van der Waals surface area contributed by atoms with Crippen molar-refractivity contribution in [1.29, 1.82) is 0 Å². The maximum Gasteiger partial charge on any atom is 0.257 e. The van der Waals surface area contributed by atoms with Crippen molar-refractivity contribution < 1.29 is 9.59 Å². The molecule has 3 aromatic rings. The first-order valence-corrected chi connectivity index (χ1v) is 10.6. The van der Waals surface area contributed by atoms with E-state index in [1.54, 1.807) is 6.20 Å². The number of aromatic nitrogens is 3. The molecule has 2 amide bonds. The van der Waals surface area contributed by atoms with E-state index in [1.807, 2.05) is 55.8 Å². The van der Waals surface area contributed by atoms with Crippen molar-refractivity contribution in [3.8, 4) is 0 Å². The van der Waals surface area contributed by atoms with Gasteiger partial charge in [-0.2, -0.15) is 5.10 Å². The van der Waals surface area contributed by atoms with Crippen molar-refractivity contribution in [2.24, 2.45) is 5.73 Å². The van der Waals surface area contributed by atoms with Gasteiger partial charge in [0, 0.05) is 23.7 Å². The Morgan fingerprint density at radius 3 is 2.84 bits per heavy atom. The summed E-state index contributed by atoms with van der Waals surface area (Å²) in [7, 11) is 0. The number of carbonyl (C=O) groups is 2. The minimum atomic E-state index is -0.277. The molecule has 1 fully saturated rings. The molecule has 1 unspecified atom stereocenters. The van der Waals surface area contributed by atoms with Gasteiger partial charge in [-0.05, 0) is 63.9 Å². The van der Waals surface area contributed by atoms with E-state index < -0.39 is 0 Å². The molecule has 1 atom stereocenters. The maximum atomic E-state index is 13.0. The number of nitrogens with zero attached hydrogens (tertiary/aromatic N) is 4. The zero-order valence-corrected chi connectivity index (χ0v) is 18.1. The average Bonchev–Trinajstić information content (AvgIpc) is 3.34. The van der Waals surface area contributed by atoms with Gasteiger partial charge in [0.2, 0.25) is 5.91 Å². The molecule has 0 spiro atoms. The van der Waals surface area contributed by atoms with Crippen LogP contribution in [0.25, 0.3) is 11.0 Å². The van der Waals surface area contributed by atoms with E-state index in [9.17, 15) is 9.59 Å². The number of nitrogens with two attached hydrogens (primary N) is 1. The lowest BCUT2D eigenvalue weighted by Crippen LogP contribution is -2.39. The monoisotopic (exact) mass is 420 g/mol. The Labute approximate surface area is 181 Å². The van der Waals surface area contributed by atoms with E-state index in [0.29, 0.717) is 23.5 Å². The summed E-state index contributed by atoms with van der Waals surface area (Å²) >= 11 is 0. The highest BCUT2D eigenvalue weighted by molar-refractivity contribution is 6.06. The number of primary amides is 1. The fourth-order valence-corrected chi connectivity index (χ4v) is 4.19. The second-order valence-corrected chi connectivity index (χ2v) is 8.40. The number of aryl methyl sites for hydroxylation is 1. The highest BCUT2D eigenvalue weighted by Crippen LogP contribution is 2.23. The summed E-state index contributed by atoms with van der Waals surface area (Å²) in [6.07, 6.45) is 3.50. The summed E-state index contributed by atoms with van der Waals surface area (Å²) < 4.78 is 1.85. The van der Waals surface area contributed by atoms with Crippen LogP contribution in [0.2, 0.25) is 0 Å². The Morgan fingerprint density at radius 2 is 2.10 bits per heavy atom. The van der Waals surface area contributed by atoms with Crippen molar-refractivity contribution in [3.05, 3.63) is 53.3 Å². The standard InChI is InChI=1S/C23H28N6O2/c1-14(2)29-22-17(12-25-29)11-19(15(3)26-22)23(31)27-18-7-4-6-16(10-18)13-28-9-5-8-20(28)21(24)30/h4,6-7,10-12,14,20H,5,8-9,13H2,1-3H3,(H2,24,30)(H,27,31). The molecule has 1 saturated heterocycles. The number of likely N-dealkylation sites (tertiary alicyclic amines) is 1. The van der Waals surface area contributed by atoms with Crippen molar-refractivity contribution in [1.82, 2.24) is 19.7 Å². The van der Waals surface area contributed by atoms with Gasteiger partial charge in [-0.15, -0.1) is 0 Å². The van der Waals surface area contributed by atoms with Gasteiger partial charge in [0.15, 0.2) is 5.65 Å². The third kappa shape index (κ3) is 4.29. The van der Waals surface area contributed by atoms with Crippen molar-refractivity contribution in [3.63, 3.8) is 0 Å². The molecule has 162 valence electrons. The molecule has 1 aromatic carbocycles. The lowest BCUT2D eigenvalue weighted by atomic mass is 10.1. The van der Waals surface area contributed by atoms with Crippen LogP contribution < -0.4 is 11.1 Å². The van der Waals surface area contributed by atoms with Gasteiger partial charge in [0.25, 0.3) is 5.91 Å². The fraction of sp³-hybridized carbons (Fsp3) is 0.391. The van der Waals surface area contributed by atoms with E-state index in [0.717, 1.165) is 36.0 Å². The summed E-state index contributed by atoms with van der Waals surface area (Å²) in [5.74, 6) is -0.487. The molecule has 8 nitrogen and oxygen atoms in total. The van der Waals surface area contributed by atoms with E-state index in [2.05, 4.69) is 20.3 Å². The van der Waals surface area contributed by atoms with E-state index in [-0.39, 0.29) is 23.9 Å². The molecule has 1 aliphatic rings. The minimum Gasteiger partial charge on any atom is -0.368 e. The highest BCUT2D eigenvalue weighted by Gasteiger charge is 2.28. The molecule has 0 aliphatic carbocycles. The Balaban J connectivity index is 1.52. The molecule has 0 bridgehead atoms. The molecule has 8 heteroatoms. The molecule has 4 rings (SSSR count). The molecule has 0 radical (unpaired) electrons. The summed E-state index contributed by atoms with van der Waals surface area (Å²) in [4.78, 5) is 31.3. The third-order valence-electron chi connectivity index (χ3n) is 5.76. The fourth-order valence-electron chi connectivity index (χ4n) is 4.19. The topological polar surface area (TPSA) is 106 Å². The SMILES string of the molecule is Cc1nc2c(cnn2C(C)C)cc1C(=O)Nc1cccc(CN2CCCC2C(N)=O)c1. The second kappa shape index (κ2) is 8.47. The van der Waals surface area contributed by atoms with E-state index in [4.69, 9.17) is 5.73 Å². The number of fused-ring (bicyclic) bond motifs is 1. The van der Waals surface area contributed by atoms with Crippen LogP contribution in [0.4, 0.5) is 5.69 Å². The third-order valence-corrected chi connectivity index (χ3v) is 5.76. The van der Waals surface area contributed by atoms with Crippen molar-refractivity contribution in [2.75, 3.05) is 11.9 Å². The molecular weight excluding hydrogens is 392 g/mol. The van der Waals surface area contributed by atoms with Gasteiger partial charge >= 0.3 is 0 Å². The first kappa shape index (κ1) is 21.0. The first-order valence-electron chi connectivity index (χ1n) is 10.6. The van der Waals surface area contributed by atoms with Gasteiger partial charge in [0.05, 0.1) is 23.5 Å². The molecule has 31 heavy (non-hydrogen) atoms. The number of nitrogens with one attached hydrogen (secondary N) is 1. The number of benzene rings is 1. The number of anilines is 1. The van der Waals surface area contributed by atoms with E-state index in [1.165, 1.54) is 0 Å². The summed E-state index contributed by atoms with van der Waals surface area (Å²) in [6.45, 7) is 7.40. The van der Waals surface area contributed by atoms with Crippen LogP contribution in [-0.4, -0.2) is 44.1 Å². The predicted octanol–water partition coefficient (Wildman–Crippen LogP) is 3.02. The van der Waals surface area contributed by atoms with Gasteiger partial charge in [0.1, 0.15) is 0 Å². The Morgan fingerprint density at radius 1 is 1.29 bits per heavy atom. The smallest absolute Gasteiger partial charge is 0.257 e. The normalized spacial score (nSPS) is 16.8. The van der Waals surface area contributed by atoms with Crippen LogP contribution in [0.3, 0.4) is 0 Å². The number of amides is 2. The number of carbonyl (C=O) groups excluding carboxylic acids is 2. The zero-order chi connectivity index (χ0) is 22.1.